The summed E-state index contributed by atoms with van der Waals surface area (Å²) in [5.41, 5.74) is 0.776. The van der Waals surface area contributed by atoms with Gasteiger partial charge >= 0.3 is 0 Å². The number of hydrogen-bond acceptors (Lipinski definition) is 4. The van der Waals surface area contributed by atoms with E-state index in [9.17, 15) is 0 Å². The van der Waals surface area contributed by atoms with E-state index in [1.165, 1.54) is 0 Å². The normalized spacial score (nSPS) is 13.8. The van der Waals surface area contributed by atoms with Gasteiger partial charge in [0.05, 0.1) is 13.4 Å². The van der Waals surface area contributed by atoms with Crippen LogP contribution in [-0.4, -0.2) is 37.1 Å². The first-order chi connectivity index (χ1) is 7.16. The fourth-order valence-electron chi connectivity index (χ4n) is 1.24. The van der Waals surface area contributed by atoms with Crippen LogP contribution in [0.3, 0.4) is 0 Å². The molecule has 4 nitrogen and oxygen atoms in total. The molecular formula is C10H22O4Si. The topological polar surface area (TPSA) is 36.9 Å². The Labute approximate surface area is 94.5 Å². The average molecular weight is 234 g/mol. The Balaban J connectivity index is 4.49. The van der Waals surface area contributed by atoms with Gasteiger partial charge in [-0.1, -0.05) is 13.3 Å². The van der Waals surface area contributed by atoms with Crippen LogP contribution in [-0.2, 0) is 18.6 Å². The van der Waals surface area contributed by atoms with Crippen LogP contribution in [0.5, 0.6) is 0 Å². The Morgan fingerprint density at radius 3 is 2.27 bits per heavy atom. The van der Waals surface area contributed by atoms with E-state index in [1.54, 1.807) is 27.6 Å². The van der Waals surface area contributed by atoms with E-state index in [4.69, 9.17) is 18.6 Å². The van der Waals surface area contributed by atoms with E-state index in [-0.39, 0.29) is 0 Å². The molecule has 0 rings (SSSR count). The summed E-state index contributed by atoms with van der Waals surface area (Å²) in [5, 5.41) is 0. The van der Waals surface area contributed by atoms with Crippen molar-refractivity contribution >= 4 is 9.76 Å². The maximum Gasteiger partial charge on any atom is 0.300 e. The molecule has 0 heterocycles. The van der Waals surface area contributed by atoms with Gasteiger partial charge in [0, 0.05) is 19.8 Å². The molecule has 0 saturated heterocycles. The van der Waals surface area contributed by atoms with Crippen LogP contribution in [0.1, 0.15) is 20.3 Å². The molecule has 5 heteroatoms. The van der Waals surface area contributed by atoms with Gasteiger partial charge in [0.15, 0.2) is 9.76 Å². The highest BCUT2D eigenvalue weighted by atomic mass is 28.2. The maximum absolute atomic E-state index is 5.73. The minimum Gasteiger partial charge on any atom is -0.504 e. The molecule has 0 aliphatic rings. The van der Waals surface area contributed by atoms with Gasteiger partial charge in [-0.15, -0.1) is 0 Å². The van der Waals surface area contributed by atoms with Crippen molar-refractivity contribution in [3.63, 3.8) is 0 Å². The standard InChI is InChI=1S/C10H22O4Si/c1-6-7-15-14-10(12-4,13-5)9(2)8-11-3/h8H,6-7,15H2,1-5H3/b9-8+. The molecular weight excluding hydrogens is 212 g/mol. The summed E-state index contributed by atoms with van der Waals surface area (Å²) in [5.74, 6) is -1.06. The van der Waals surface area contributed by atoms with Gasteiger partial charge in [-0.25, -0.2) is 0 Å². The highest BCUT2D eigenvalue weighted by Crippen LogP contribution is 2.23. The molecule has 0 N–H and O–H groups in total. The fraction of sp³-hybridized carbons (Fsp3) is 0.800. The molecule has 0 saturated carbocycles. The molecule has 0 fully saturated rings. The van der Waals surface area contributed by atoms with Crippen LogP contribution in [0.25, 0.3) is 0 Å². The molecule has 0 radical (unpaired) electrons. The van der Waals surface area contributed by atoms with Crippen molar-refractivity contribution < 1.29 is 18.6 Å². The van der Waals surface area contributed by atoms with E-state index >= 15 is 0 Å². The molecule has 0 spiro atoms. The molecule has 0 aliphatic carbocycles. The first-order valence-electron chi connectivity index (χ1n) is 5.11. The zero-order chi connectivity index (χ0) is 11.7. The van der Waals surface area contributed by atoms with E-state index in [2.05, 4.69) is 6.92 Å². The highest BCUT2D eigenvalue weighted by molar-refractivity contribution is 6.27. The van der Waals surface area contributed by atoms with Gasteiger partial charge in [-0.3, -0.25) is 0 Å². The average Bonchev–Trinajstić information content (AvgIpc) is 2.25. The summed E-state index contributed by atoms with van der Waals surface area (Å²) in [6, 6.07) is 1.11. The molecule has 0 aliphatic heterocycles. The Bertz CT molecular complexity index is 190. The first kappa shape index (κ1) is 14.6. The van der Waals surface area contributed by atoms with Gasteiger partial charge in [-0.05, 0) is 13.0 Å². The minimum atomic E-state index is -1.06. The predicted molar refractivity (Wildman–Crippen MR) is 62.2 cm³/mol. The van der Waals surface area contributed by atoms with Crippen LogP contribution >= 0.6 is 0 Å². The third-order valence-corrected chi connectivity index (χ3v) is 3.68. The lowest BCUT2D eigenvalue weighted by Gasteiger charge is -2.31. The van der Waals surface area contributed by atoms with Crippen molar-refractivity contribution in [1.29, 1.82) is 0 Å². The van der Waals surface area contributed by atoms with Gasteiger partial charge < -0.3 is 18.6 Å². The Kier molecular flexibility index (Phi) is 7.68. The Hall–Kier alpha value is -0.363. The van der Waals surface area contributed by atoms with E-state index < -0.39 is 15.7 Å². The SMILES string of the molecule is CCC[SiH2]OC(OC)(OC)/C(C)=C/OC. The summed E-state index contributed by atoms with van der Waals surface area (Å²) in [4.78, 5) is 0. The van der Waals surface area contributed by atoms with E-state index in [0.29, 0.717) is 0 Å². The predicted octanol–water partition coefficient (Wildman–Crippen LogP) is 1.41. The monoisotopic (exact) mass is 234 g/mol. The number of methoxy groups -OCH3 is 3. The summed E-state index contributed by atoms with van der Waals surface area (Å²) in [6.45, 7) is 3.99. The fourth-order valence-corrected chi connectivity index (χ4v) is 2.40. The van der Waals surface area contributed by atoms with Crippen molar-refractivity contribution in [3.05, 3.63) is 11.8 Å². The lowest BCUT2D eigenvalue weighted by atomic mass is 10.3. The Morgan fingerprint density at radius 2 is 1.87 bits per heavy atom. The van der Waals surface area contributed by atoms with Crippen LogP contribution in [0.2, 0.25) is 6.04 Å². The number of hydrogen-bond donors (Lipinski definition) is 0. The van der Waals surface area contributed by atoms with Crippen molar-refractivity contribution in [2.75, 3.05) is 21.3 Å². The van der Waals surface area contributed by atoms with Gasteiger partial charge in [0.2, 0.25) is 0 Å². The van der Waals surface area contributed by atoms with Crippen molar-refractivity contribution in [1.82, 2.24) is 0 Å². The molecule has 0 aromatic carbocycles. The van der Waals surface area contributed by atoms with Crippen LogP contribution in [0, 0.1) is 0 Å². The molecule has 15 heavy (non-hydrogen) atoms. The van der Waals surface area contributed by atoms with Crippen molar-refractivity contribution in [2.45, 2.75) is 32.3 Å². The molecule has 0 unspecified atom stereocenters. The number of ether oxygens (including phenoxy) is 3. The lowest BCUT2D eigenvalue weighted by Crippen LogP contribution is -2.39. The highest BCUT2D eigenvalue weighted by Gasteiger charge is 2.33. The van der Waals surface area contributed by atoms with E-state index in [1.807, 2.05) is 6.92 Å². The second kappa shape index (κ2) is 7.87. The van der Waals surface area contributed by atoms with E-state index in [0.717, 1.165) is 18.0 Å². The second-order valence-electron chi connectivity index (χ2n) is 3.20. The number of rotatable bonds is 8. The third kappa shape index (κ3) is 4.34. The van der Waals surface area contributed by atoms with Crippen molar-refractivity contribution in [3.8, 4) is 0 Å². The molecule has 0 amide bonds. The summed E-state index contributed by atoms with van der Waals surface area (Å²) >= 11 is 0. The first-order valence-corrected chi connectivity index (χ1v) is 6.68. The maximum atomic E-state index is 5.73. The van der Waals surface area contributed by atoms with Gasteiger partial charge in [-0.2, -0.15) is 0 Å². The lowest BCUT2D eigenvalue weighted by molar-refractivity contribution is -0.297. The smallest absolute Gasteiger partial charge is 0.300 e. The van der Waals surface area contributed by atoms with Gasteiger partial charge in [0.25, 0.3) is 5.97 Å². The molecule has 0 bridgehead atoms. The van der Waals surface area contributed by atoms with Gasteiger partial charge in [0.1, 0.15) is 0 Å². The third-order valence-electron chi connectivity index (χ3n) is 2.11. The zero-order valence-corrected chi connectivity index (χ0v) is 11.7. The van der Waals surface area contributed by atoms with Crippen LogP contribution < -0.4 is 0 Å². The van der Waals surface area contributed by atoms with Crippen LogP contribution in [0.15, 0.2) is 11.8 Å². The summed E-state index contributed by atoms with van der Waals surface area (Å²) in [7, 11) is 4.10. The quantitative estimate of drug-likeness (QED) is 0.275. The molecule has 0 aromatic rings. The minimum absolute atomic E-state index is 0.621. The Morgan fingerprint density at radius 1 is 1.27 bits per heavy atom. The molecule has 90 valence electrons. The molecule has 0 atom stereocenters. The van der Waals surface area contributed by atoms with Crippen LogP contribution in [0.4, 0.5) is 0 Å². The second-order valence-corrected chi connectivity index (χ2v) is 4.61. The summed E-state index contributed by atoms with van der Waals surface area (Å²) < 4.78 is 21.2. The largest absolute Gasteiger partial charge is 0.504 e. The van der Waals surface area contributed by atoms with Crippen molar-refractivity contribution in [2.24, 2.45) is 0 Å². The molecule has 0 aromatic heterocycles. The zero-order valence-electron chi connectivity index (χ0n) is 10.3. The summed E-state index contributed by atoms with van der Waals surface area (Å²) in [6.07, 6.45) is 2.70.